The van der Waals surface area contributed by atoms with E-state index < -0.39 is 0 Å². The van der Waals surface area contributed by atoms with Crippen molar-refractivity contribution >= 4 is 11.8 Å². The molecule has 0 heterocycles. The van der Waals surface area contributed by atoms with Crippen LogP contribution in [0, 0.1) is 0 Å². The Morgan fingerprint density at radius 2 is 1.52 bits per heavy atom. The molecule has 0 fully saturated rings. The molecule has 0 spiro atoms. The molecule has 0 aliphatic heterocycles. The molecule has 0 aliphatic carbocycles. The minimum Gasteiger partial charge on any atom is -0.353 e. The molecule has 0 aromatic rings. The van der Waals surface area contributed by atoms with Gasteiger partial charge < -0.3 is 20.4 Å². The SMILES string of the molecule is C=C(C)C(=O)NCCCN(CC)CC.C=CC(=O)NCCCN(C)C. The molecule has 0 saturated heterocycles. The maximum Gasteiger partial charge on any atom is 0.246 e. The van der Waals surface area contributed by atoms with Gasteiger partial charge in [-0.3, -0.25) is 9.59 Å². The van der Waals surface area contributed by atoms with Gasteiger partial charge in [-0.05, 0) is 66.1 Å². The zero-order chi connectivity index (χ0) is 19.7. The lowest BCUT2D eigenvalue weighted by atomic mass is 10.3. The Labute approximate surface area is 154 Å². The fraction of sp³-hybridized carbons (Fsp3) is 0.684. The minimum atomic E-state index is -0.0937. The number of hydrogen-bond donors (Lipinski definition) is 2. The van der Waals surface area contributed by atoms with E-state index in [-0.39, 0.29) is 11.8 Å². The predicted octanol–water partition coefficient (Wildman–Crippen LogP) is 1.65. The second-order valence-electron chi connectivity index (χ2n) is 6.07. The third kappa shape index (κ3) is 18.5. The minimum absolute atomic E-state index is 0.0375. The van der Waals surface area contributed by atoms with Gasteiger partial charge in [0.15, 0.2) is 0 Å². The molecule has 0 aromatic carbocycles. The molecule has 2 N–H and O–H groups in total. The van der Waals surface area contributed by atoms with Gasteiger partial charge in [0, 0.05) is 18.7 Å². The molecule has 6 heteroatoms. The van der Waals surface area contributed by atoms with Gasteiger partial charge in [-0.2, -0.15) is 0 Å². The number of amides is 2. The quantitative estimate of drug-likeness (QED) is 0.413. The number of nitrogens with zero attached hydrogens (tertiary/aromatic N) is 2. The van der Waals surface area contributed by atoms with Crippen LogP contribution in [0.4, 0.5) is 0 Å². The van der Waals surface area contributed by atoms with Crippen LogP contribution < -0.4 is 10.6 Å². The van der Waals surface area contributed by atoms with Crippen LogP contribution in [0.25, 0.3) is 0 Å². The van der Waals surface area contributed by atoms with E-state index in [4.69, 9.17) is 0 Å². The van der Waals surface area contributed by atoms with E-state index in [2.05, 4.69) is 47.4 Å². The van der Waals surface area contributed by atoms with Crippen LogP contribution in [-0.2, 0) is 9.59 Å². The third-order valence-corrected chi connectivity index (χ3v) is 3.49. The molecule has 0 bridgehead atoms. The van der Waals surface area contributed by atoms with Gasteiger partial charge in [-0.15, -0.1) is 0 Å². The van der Waals surface area contributed by atoms with Crippen LogP contribution in [-0.4, -0.2) is 75.0 Å². The van der Waals surface area contributed by atoms with Crippen LogP contribution in [0.3, 0.4) is 0 Å². The summed E-state index contributed by atoms with van der Waals surface area (Å²) >= 11 is 0. The lowest BCUT2D eigenvalue weighted by molar-refractivity contribution is -0.117. The first kappa shape index (κ1) is 25.6. The number of nitrogens with one attached hydrogen (secondary N) is 2. The summed E-state index contributed by atoms with van der Waals surface area (Å²) in [7, 11) is 4.02. The first-order chi connectivity index (χ1) is 11.8. The molecule has 0 aromatic heterocycles. The Bertz CT molecular complexity index is 391. The molecular formula is C19H38N4O2. The fourth-order valence-corrected chi connectivity index (χ4v) is 1.87. The Kier molecular flexibility index (Phi) is 17.6. The first-order valence-electron chi connectivity index (χ1n) is 8.99. The van der Waals surface area contributed by atoms with E-state index in [1.165, 1.54) is 6.08 Å². The van der Waals surface area contributed by atoms with Crippen molar-refractivity contribution in [2.45, 2.75) is 33.6 Å². The van der Waals surface area contributed by atoms with Crippen molar-refractivity contribution in [1.82, 2.24) is 20.4 Å². The van der Waals surface area contributed by atoms with Crippen LogP contribution >= 0.6 is 0 Å². The molecule has 6 nitrogen and oxygen atoms in total. The summed E-state index contributed by atoms with van der Waals surface area (Å²) in [6.07, 6.45) is 3.27. The van der Waals surface area contributed by atoms with E-state index in [1.54, 1.807) is 6.92 Å². The smallest absolute Gasteiger partial charge is 0.246 e. The standard InChI is InChI=1S/C11H22N2O.C8H16N2O/c1-5-13(6-2)9-7-8-12-11(14)10(3)4;1-4-8(11)9-6-5-7-10(2)3/h3,5-9H2,1-2,4H3,(H,12,14);4H,1,5-7H2,2-3H3,(H,9,11). The molecule has 0 atom stereocenters. The number of carbonyl (C=O) groups is 2. The second kappa shape index (κ2) is 17.2. The summed E-state index contributed by atoms with van der Waals surface area (Å²) in [5.74, 6) is -0.131. The van der Waals surface area contributed by atoms with E-state index in [9.17, 15) is 9.59 Å². The van der Waals surface area contributed by atoms with Gasteiger partial charge >= 0.3 is 0 Å². The summed E-state index contributed by atoms with van der Waals surface area (Å²) in [6.45, 7) is 18.6. The Balaban J connectivity index is 0. The second-order valence-corrected chi connectivity index (χ2v) is 6.07. The zero-order valence-corrected chi connectivity index (χ0v) is 16.9. The van der Waals surface area contributed by atoms with Gasteiger partial charge in [0.25, 0.3) is 0 Å². The van der Waals surface area contributed by atoms with Crippen molar-refractivity contribution in [2.75, 3.05) is 53.4 Å². The molecule has 2 amide bonds. The summed E-state index contributed by atoms with van der Waals surface area (Å²) in [6, 6.07) is 0. The number of carbonyl (C=O) groups excluding carboxylic acids is 2. The van der Waals surface area contributed by atoms with Crippen molar-refractivity contribution in [3.8, 4) is 0 Å². The lowest BCUT2D eigenvalue weighted by Crippen LogP contribution is -2.30. The predicted molar refractivity (Wildman–Crippen MR) is 107 cm³/mol. The van der Waals surface area contributed by atoms with E-state index >= 15 is 0 Å². The molecule has 0 saturated carbocycles. The van der Waals surface area contributed by atoms with Crippen LogP contribution in [0.1, 0.15) is 33.6 Å². The van der Waals surface area contributed by atoms with E-state index in [1.807, 2.05) is 14.1 Å². The first-order valence-corrected chi connectivity index (χ1v) is 8.99. The molecule has 0 radical (unpaired) electrons. The van der Waals surface area contributed by atoms with Gasteiger partial charge in [-0.25, -0.2) is 0 Å². The monoisotopic (exact) mass is 354 g/mol. The lowest BCUT2D eigenvalue weighted by Gasteiger charge is -2.17. The highest BCUT2D eigenvalue weighted by Gasteiger charge is 2.01. The average molecular weight is 355 g/mol. The molecule has 0 rings (SSSR count). The number of rotatable bonds is 12. The van der Waals surface area contributed by atoms with E-state index in [0.717, 1.165) is 52.1 Å². The topological polar surface area (TPSA) is 64.7 Å². The molecule has 0 aliphatic rings. The fourth-order valence-electron chi connectivity index (χ4n) is 1.87. The summed E-state index contributed by atoms with van der Waals surface area (Å²) in [5.41, 5.74) is 0.577. The Hall–Kier alpha value is -1.66. The highest BCUT2D eigenvalue weighted by molar-refractivity contribution is 5.92. The molecule has 25 heavy (non-hydrogen) atoms. The van der Waals surface area contributed by atoms with Crippen molar-refractivity contribution in [2.24, 2.45) is 0 Å². The molecule has 0 unspecified atom stereocenters. The van der Waals surface area contributed by atoms with E-state index in [0.29, 0.717) is 5.57 Å². The van der Waals surface area contributed by atoms with Crippen molar-refractivity contribution in [3.05, 3.63) is 24.8 Å². The van der Waals surface area contributed by atoms with Crippen molar-refractivity contribution in [3.63, 3.8) is 0 Å². The van der Waals surface area contributed by atoms with Gasteiger partial charge in [-0.1, -0.05) is 27.0 Å². The Morgan fingerprint density at radius 1 is 1.00 bits per heavy atom. The normalized spacial score (nSPS) is 10.0. The number of hydrogen-bond acceptors (Lipinski definition) is 4. The van der Waals surface area contributed by atoms with Crippen LogP contribution in [0.15, 0.2) is 24.8 Å². The van der Waals surface area contributed by atoms with Crippen molar-refractivity contribution in [1.29, 1.82) is 0 Å². The van der Waals surface area contributed by atoms with Crippen molar-refractivity contribution < 1.29 is 9.59 Å². The maximum atomic E-state index is 11.1. The van der Waals surface area contributed by atoms with Crippen LogP contribution in [0.5, 0.6) is 0 Å². The maximum absolute atomic E-state index is 11.1. The van der Waals surface area contributed by atoms with Gasteiger partial charge in [0.2, 0.25) is 11.8 Å². The summed E-state index contributed by atoms with van der Waals surface area (Å²) in [5, 5.41) is 5.52. The Morgan fingerprint density at radius 3 is 1.96 bits per heavy atom. The van der Waals surface area contributed by atoms with Gasteiger partial charge in [0.1, 0.15) is 0 Å². The molecule has 146 valence electrons. The largest absolute Gasteiger partial charge is 0.353 e. The highest BCUT2D eigenvalue weighted by Crippen LogP contribution is 1.90. The van der Waals surface area contributed by atoms with Gasteiger partial charge in [0.05, 0.1) is 0 Å². The molecular weight excluding hydrogens is 316 g/mol. The zero-order valence-electron chi connectivity index (χ0n) is 16.9. The highest BCUT2D eigenvalue weighted by atomic mass is 16.2. The summed E-state index contributed by atoms with van der Waals surface area (Å²) < 4.78 is 0. The third-order valence-electron chi connectivity index (χ3n) is 3.49. The van der Waals surface area contributed by atoms with Crippen LogP contribution in [0.2, 0.25) is 0 Å². The average Bonchev–Trinajstić information content (AvgIpc) is 2.58. The summed E-state index contributed by atoms with van der Waals surface area (Å²) in [4.78, 5) is 26.1.